The van der Waals surface area contributed by atoms with Crippen LogP contribution >= 0.6 is 11.6 Å². The summed E-state index contributed by atoms with van der Waals surface area (Å²) >= 11 is 5.87. The molecule has 1 atom stereocenters. The summed E-state index contributed by atoms with van der Waals surface area (Å²) in [5, 5.41) is 6.63. The molecular formula is C22H23ClN2O3. The zero-order valence-electron chi connectivity index (χ0n) is 15.5. The molecule has 4 rings (SSSR count). The van der Waals surface area contributed by atoms with Crippen molar-refractivity contribution in [2.45, 2.75) is 38.1 Å². The summed E-state index contributed by atoms with van der Waals surface area (Å²) in [7, 11) is 0. The van der Waals surface area contributed by atoms with Crippen molar-refractivity contribution in [3.8, 4) is 5.75 Å². The Morgan fingerprint density at radius 3 is 2.54 bits per heavy atom. The maximum absolute atomic E-state index is 12.6. The second kappa shape index (κ2) is 8.23. The number of carbonyl (C=O) groups excluding carboxylic acids is 2. The minimum Gasteiger partial charge on any atom is -0.492 e. The van der Waals surface area contributed by atoms with Crippen LogP contribution in [0.4, 0.5) is 5.69 Å². The first-order valence-electron chi connectivity index (χ1n) is 9.71. The standard InChI is InChI=1S/C22H23ClN2O3/c23-17-7-5-14(6-8-17)21(26)25-19-9-10-20-15(12-19)11-16(13-28-20)22(27)24-18-3-1-2-4-18/h5-10,12,16,18H,1-4,11,13H2,(H,24,27)(H,25,26). The molecule has 146 valence electrons. The fourth-order valence-electron chi connectivity index (χ4n) is 3.83. The SMILES string of the molecule is O=C(Nc1ccc2c(c1)CC(C(=O)NC1CCCC1)CO2)c1ccc(Cl)cc1. The van der Waals surface area contributed by atoms with Crippen molar-refractivity contribution in [1.29, 1.82) is 0 Å². The first-order chi connectivity index (χ1) is 13.6. The number of benzene rings is 2. The highest BCUT2D eigenvalue weighted by Crippen LogP contribution is 2.30. The van der Waals surface area contributed by atoms with Gasteiger partial charge in [-0.3, -0.25) is 9.59 Å². The minimum absolute atomic E-state index is 0.0631. The van der Waals surface area contributed by atoms with Crippen molar-refractivity contribution in [1.82, 2.24) is 5.32 Å². The predicted molar refractivity (Wildman–Crippen MR) is 109 cm³/mol. The topological polar surface area (TPSA) is 67.4 Å². The molecule has 0 spiro atoms. The number of hydrogen-bond acceptors (Lipinski definition) is 3. The molecule has 2 N–H and O–H groups in total. The van der Waals surface area contributed by atoms with E-state index in [4.69, 9.17) is 16.3 Å². The number of halogens is 1. The summed E-state index contributed by atoms with van der Waals surface area (Å²) in [6, 6.07) is 12.6. The molecule has 0 radical (unpaired) electrons. The van der Waals surface area contributed by atoms with Crippen LogP contribution in [-0.4, -0.2) is 24.5 Å². The van der Waals surface area contributed by atoms with Crippen LogP contribution in [0.25, 0.3) is 0 Å². The third-order valence-corrected chi connectivity index (χ3v) is 5.66. The molecule has 0 saturated heterocycles. The van der Waals surface area contributed by atoms with Crippen LogP contribution in [0.3, 0.4) is 0 Å². The Morgan fingerprint density at radius 2 is 1.79 bits per heavy atom. The average Bonchev–Trinajstić information content (AvgIpc) is 3.21. The van der Waals surface area contributed by atoms with Crippen LogP contribution in [0.2, 0.25) is 5.02 Å². The molecule has 5 nitrogen and oxygen atoms in total. The maximum atomic E-state index is 12.6. The van der Waals surface area contributed by atoms with Crippen LogP contribution in [0, 0.1) is 5.92 Å². The molecule has 1 heterocycles. The monoisotopic (exact) mass is 398 g/mol. The molecule has 1 saturated carbocycles. The summed E-state index contributed by atoms with van der Waals surface area (Å²) in [6.45, 7) is 0.391. The molecule has 1 aliphatic heterocycles. The molecule has 1 aliphatic carbocycles. The number of anilines is 1. The summed E-state index contributed by atoms with van der Waals surface area (Å²) < 4.78 is 5.79. The van der Waals surface area contributed by atoms with E-state index in [0.29, 0.717) is 35.3 Å². The number of rotatable bonds is 4. The maximum Gasteiger partial charge on any atom is 0.255 e. The quantitative estimate of drug-likeness (QED) is 0.810. The largest absolute Gasteiger partial charge is 0.492 e. The summed E-state index contributed by atoms with van der Waals surface area (Å²) in [4.78, 5) is 25.0. The Kier molecular flexibility index (Phi) is 5.53. The van der Waals surface area contributed by atoms with E-state index in [1.807, 2.05) is 18.2 Å². The molecular weight excluding hydrogens is 376 g/mol. The third-order valence-electron chi connectivity index (χ3n) is 5.40. The van der Waals surface area contributed by atoms with Crippen molar-refractivity contribution in [3.63, 3.8) is 0 Å². The van der Waals surface area contributed by atoms with Gasteiger partial charge in [0.1, 0.15) is 12.4 Å². The van der Waals surface area contributed by atoms with Crippen LogP contribution in [-0.2, 0) is 11.2 Å². The highest BCUT2D eigenvalue weighted by molar-refractivity contribution is 6.30. The number of ether oxygens (including phenoxy) is 1. The van der Waals surface area contributed by atoms with Gasteiger partial charge >= 0.3 is 0 Å². The highest BCUT2D eigenvalue weighted by Gasteiger charge is 2.28. The predicted octanol–water partition coefficient (Wildman–Crippen LogP) is 4.20. The lowest BCUT2D eigenvalue weighted by molar-refractivity contribution is -0.127. The zero-order chi connectivity index (χ0) is 19.5. The Hall–Kier alpha value is -2.53. The third kappa shape index (κ3) is 4.30. The van der Waals surface area contributed by atoms with E-state index in [0.717, 1.165) is 24.2 Å². The zero-order valence-corrected chi connectivity index (χ0v) is 16.3. The Bertz CT molecular complexity index is 876. The van der Waals surface area contributed by atoms with Gasteiger partial charge in [0.05, 0.1) is 5.92 Å². The van der Waals surface area contributed by atoms with Crippen LogP contribution in [0.15, 0.2) is 42.5 Å². The van der Waals surface area contributed by atoms with Gasteiger partial charge in [0.2, 0.25) is 5.91 Å². The first-order valence-corrected chi connectivity index (χ1v) is 10.1. The Balaban J connectivity index is 1.42. The number of nitrogens with one attached hydrogen (secondary N) is 2. The molecule has 0 aromatic heterocycles. The summed E-state index contributed by atoms with van der Waals surface area (Å²) in [6.07, 6.45) is 5.11. The van der Waals surface area contributed by atoms with Crippen LogP contribution < -0.4 is 15.4 Å². The van der Waals surface area contributed by atoms with Gasteiger partial charge < -0.3 is 15.4 Å². The van der Waals surface area contributed by atoms with E-state index in [-0.39, 0.29) is 17.7 Å². The van der Waals surface area contributed by atoms with Gasteiger partial charge in [-0.1, -0.05) is 24.4 Å². The van der Waals surface area contributed by atoms with E-state index in [2.05, 4.69) is 10.6 Å². The smallest absolute Gasteiger partial charge is 0.255 e. The molecule has 1 fully saturated rings. The van der Waals surface area contributed by atoms with E-state index in [1.54, 1.807) is 24.3 Å². The fourth-order valence-corrected chi connectivity index (χ4v) is 3.96. The molecule has 2 aromatic carbocycles. The van der Waals surface area contributed by atoms with Crippen molar-refractivity contribution >= 4 is 29.1 Å². The van der Waals surface area contributed by atoms with Crippen molar-refractivity contribution in [2.24, 2.45) is 5.92 Å². The van der Waals surface area contributed by atoms with Gasteiger partial charge in [0.25, 0.3) is 5.91 Å². The minimum atomic E-state index is -0.205. The van der Waals surface area contributed by atoms with E-state index in [9.17, 15) is 9.59 Å². The van der Waals surface area contributed by atoms with Gasteiger partial charge in [0, 0.05) is 22.3 Å². The van der Waals surface area contributed by atoms with Crippen LogP contribution in [0.5, 0.6) is 5.75 Å². The first kappa shape index (κ1) is 18.8. The van der Waals surface area contributed by atoms with E-state index >= 15 is 0 Å². The summed E-state index contributed by atoms with van der Waals surface area (Å²) in [5.41, 5.74) is 2.15. The van der Waals surface area contributed by atoms with Crippen molar-refractivity contribution in [3.05, 3.63) is 58.6 Å². The lowest BCUT2D eigenvalue weighted by atomic mass is 9.95. The number of fused-ring (bicyclic) bond motifs is 1. The second-order valence-corrected chi connectivity index (χ2v) is 7.92. The van der Waals surface area contributed by atoms with Gasteiger partial charge in [-0.05, 0) is 67.3 Å². The fraction of sp³-hybridized carbons (Fsp3) is 0.364. The van der Waals surface area contributed by atoms with E-state index in [1.165, 1.54) is 12.8 Å². The van der Waals surface area contributed by atoms with Crippen LogP contribution in [0.1, 0.15) is 41.6 Å². The number of hydrogen-bond donors (Lipinski definition) is 2. The highest BCUT2D eigenvalue weighted by atomic mass is 35.5. The normalized spacial score (nSPS) is 18.8. The molecule has 1 unspecified atom stereocenters. The van der Waals surface area contributed by atoms with Crippen molar-refractivity contribution in [2.75, 3.05) is 11.9 Å². The number of amides is 2. The second-order valence-electron chi connectivity index (χ2n) is 7.49. The summed E-state index contributed by atoms with van der Waals surface area (Å²) in [5.74, 6) is 0.432. The molecule has 2 aliphatic rings. The van der Waals surface area contributed by atoms with Gasteiger partial charge in [-0.15, -0.1) is 0 Å². The molecule has 6 heteroatoms. The molecule has 2 amide bonds. The lowest BCUT2D eigenvalue weighted by Crippen LogP contribution is -2.41. The van der Waals surface area contributed by atoms with Crippen molar-refractivity contribution < 1.29 is 14.3 Å². The average molecular weight is 399 g/mol. The van der Waals surface area contributed by atoms with Gasteiger partial charge in [0.15, 0.2) is 0 Å². The van der Waals surface area contributed by atoms with Gasteiger partial charge in [-0.2, -0.15) is 0 Å². The Morgan fingerprint density at radius 1 is 1.04 bits per heavy atom. The molecule has 28 heavy (non-hydrogen) atoms. The van der Waals surface area contributed by atoms with E-state index < -0.39 is 0 Å². The Labute approximate surface area is 169 Å². The molecule has 0 bridgehead atoms. The lowest BCUT2D eigenvalue weighted by Gasteiger charge is -2.26. The molecule has 2 aromatic rings. The van der Waals surface area contributed by atoms with Gasteiger partial charge in [-0.25, -0.2) is 0 Å². The number of carbonyl (C=O) groups is 2.